The molecule has 4 rings (SSSR count). The van der Waals surface area contributed by atoms with E-state index >= 15 is 0 Å². The second-order valence-corrected chi connectivity index (χ2v) is 6.40. The lowest BCUT2D eigenvalue weighted by atomic mass is 10.0. The Bertz CT molecular complexity index is 882. The van der Waals surface area contributed by atoms with Gasteiger partial charge in [-0.05, 0) is 36.6 Å². The van der Waals surface area contributed by atoms with Crippen LogP contribution in [0.2, 0.25) is 0 Å². The van der Waals surface area contributed by atoms with Crippen molar-refractivity contribution in [1.29, 1.82) is 0 Å². The Morgan fingerprint density at radius 3 is 3.11 bits per heavy atom. The van der Waals surface area contributed by atoms with E-state index in [2.05, 4.69) is 27.6 Å². The molecule has 0 aliphatic carbocycles. The molecule has 0 spiro atoms. The monoisotopic (exact) mass is 367 g/mol. The summed E-state index contributed by atoms with van der Waals surface area (Å²) in [5.74, 6) is 1.60. The summed E-state index contributed by atoms with van der Waals surface area (Å²) in [5, 5.41) is 4.06. The molecule has 7 heteroatoms. The molecule has 1 amide bonds. The highest BCUT2D eigenvalue weighted by atomic mass is 16.7. The Morgan fingerprint density at radius 2 is 2.22 bits per heavy atom. The largest absolute Gasteiger partial charge is 0.493 e. The SMILES string of the molecule is COc1cc(/C=N/NC(=O)CN2CCCc3ccccc32)cc2c1OCO2. The number of hydrogen-bond donors (Lipinski definition) is 1. The number of ether oxygens (including phenoxy) is 3. The molecule has 1 N–H and O–H groups in total. The molecule has 140 valence electrons. The van der Waals surface area contributed by atoms with Crippen molar-refractivity contribution in [2.45, 2.75) is 12.8 Å². The van der Waals surface area contributed by atoms with Gasteiger partial charge in [-0.25, -0.2) is 5.43 Å². The number of hydrogen-bond acceptors (Lipinski definition) is 6. The first kappa shape index (κ1) is 17.2. The highest BCUT2D eigenvalue weighted by Gasteiger charge is 2.20. The number of rotatable bonds is 5. The topological polar surface area (TPSA) is 72.4 Å². The Balaban J connectivity index is 1.39. The molecular weight excluding hydrogens is 346 g/mol. The van der Waals surface area contributed by atoms with Crippen LogP contribution in [0.1, 0.15) is 17.5 Å². The summed E-state index contributed by atoms with van der Waals surface area (Å²) in [6.45, 7) is 1.31. The molecule has 0 atom stereocenters. The third kappa shape index (κ3) is 3.67. The Hall–Kier alpha value is -3.22. The fourth-order valence-electron chi connectivity index (χ4n) is 3.39. The molecule has 0 bridgehead atoms. The molecule has 0 saturated carbocycles. The number of methoxy groups -OCH3 is 1. The third-order valence-corrected chi connectivity index (χ3v) is 4.62. The van der Waals surface area contributed by atoms with E-state index in [9.17, 15) is 4.79 Å². The van der Waals surface area contributed by atoms with E-state index in [4.69, 9.17) is 14.2 Å². The normalized spacial score (nSPS) is 14.9. The van der Waals surface area contributed by atoms with E-state index in [1.54, 1.807) is 25.5 Å². The minimum atomic E-state index is -0.157. The van der Waals surface area contributed by atoms with E-state index < -0.39 is 0 Å². The Labute approximate surface area is 157 Å². The maximum Gasteiger partial charge on any atom is 0.259 e. The molecule has 7 nitrogen and oxygen atoms in total. The summed E-state index contributed by atoms with van der Waals surface area (Å²) in [6, 6.07) is 11.8. The zero-order chi connectivity index (χ0) is 18.6. The standard InChI is InChI=1S/C20H21N3O4/c1-25-17-9-14(10-18-20(17)27-13-26-18)11-21-22-19(24)12-23-8-4-6-15-5-2-3-7-16(15)23/h2-3,5,7,9-11H,4,6,8,12-13H2,1H3,(H,22,24)/b21-11+. The molecule has 27 heavy (non-hydrogen) atoms. The van der Waals surface area contributed by atoms with Crippen LogP contribution in [-0.4, -0.2) is 39.1 Å². The van der Waals surface area contributed by atoms with Crippen LogP contribution in [0.5, 0.6) is 17.2 Å². The molecule has 2 aliphatic heterocycles. The number of carbonyl (C=O) groups excluding carboxylic acids is 1. The van der Waals surface area contributed by atoms with Gasteiger partial charge < -0.3 is 19.1 Å². The van der Waals surface area contributed by atoms with Gasteiger partial charge in [0.1, 0.15) is 0 Å². The zero-order valence-corrected chi connectivity index (χ0v) is 15.1. The number of carbonyl (C=O) groups is 1. The highest BCUT2D eigenvalue weighted by molar-refractivity contribution is 5.86. The number of fused-ring (bicyclic) bond motifs is 2. The lowest BCUT2D eigenvalue weighted by Gasteiger charge is -2.30. The zero-order valence-electron chi connectivity index (χ0n) is 15.1. The molecule has 0 aromatic heterocycles. The number of aryl methyl sites for hydroxylation is 1. The first-order valence-corrected chi connectivity index (χ1v) is 8.87. The van der Waals surface area contributed by atoms with Crippen LogP contribution in [0.4, 0.5) is 5.69 Å². The van der Waals surface area contributed by atoms with Crippen molar-refractivity contribution in [1.82, 2.24) is 5.43 Å². The fourth-order valence-corrected chi connectivity index (χ4v) is 3.39. The van der Waals surface area contributed by atoms with Gasteiger partial charge in [0.05, 0.1) is 19.9 Å². The van der Waals surface area contributed by atoms with Crippen LogP contribution in [0, 0.1) is 0 Å². The average Bonchev–Trinajstić information content (AvgIpc) is 3.16. The predicted octanol–water partition coefficient (Wildman–Crippen LogP) is 2.33. The van der Waals surface area contributed by atoms with Crippen molar-refractivity contribution in [3.8, 4) is 17.2 Å². The quantitative estimate of drug-likeness (QED) is 0.649. The second-order valence-electron chi connectivity index (χ2n) is 6.40. The van der Waals surface area contributed by atoms with Gasteiger partial charge in [-0.3, -0.25) is 4.79 Å². The summed E-state index contributed by atoms with van der Waals surface area (Å²) in [4.78, 5) is 14.4. The van der Waals surface area contributed by atoms with Crippen LogP contribution in [0.15, 0.2) is 41.5 Å². The van der Waals surface area contributed by atoms with Crippen molar-refractivity contribution >= 4 is 17.8 Å². The highest BCUT2D eigenvalue weighted by Crippen LogP contribution is 2.41. The number of amides is 1. The van der Waals surface area contributed by atoms with E-state index in [1.165, 1.54) is 5.56 Å². The van der Waals surface area contributed by atoms with Gasteiger partial charge in [0.2, 0.25) is 12.5 Å². The van der Waals surface area contributed by atoms with Crippen molar-refractivity contribution in [2.24, 2.45) is 5.10 Å². The van der Waals surface area contributed by atoms with Gasteiger partial charge in [-0.15, -0.1) is 0 Å². The van der Waals surface area contributed by atoms with E-state index in [-0.39, 0.29) is 19.2 Å². The van der Waals surface area contributed by atoms with Crippen LogP contribution >= 0.6 is 0 Å². The van der Waals surface area contributed by atoms with Crippen molar-refractivity contribution in [3.05, 3.63) is 47.5 Å². The summed E-state index contributed by atoms with van der Waals surface area (Å²) in [6.07, 6.45) is 3.66. The molecule has 2 aromatic carbocycles. The summed E-state index contributed by atoms with van der Waals surface area (Å²) in [5.41, 5.74) is 5.75. The van der Waals surface area contributed by atoms with Gasteiger partial charge in [0.15, 0.2) is 11.5 Å². The maximum atomic E-state index is 12.3. The van der Waals surface area contributed by atoms with Gasteiger partial charge >= 0.3 is 0 Å². The molecule has 2 aromatic rings. The molecule has 0 fully saturated rings. The summed E-state index contributed by atoms with van der Waals surface area (Å²) in [7, 11) is 1.57. The van der Waals surface area contributed by atoms with Gasteiger partial charge in [-0.2, -0.15) is 5.10 Å². The van der Waals surface area contributed by atoms with Crippen LogP contribution in [0.3, 0.4) is 0 Å². The molecule has 0 radical (unpaired) electrons. The van der Waals surface area contributed by atoms with Gasteiger partial charge in [0.25, 0.3) is 5.91 Å². The molecule has 2 aliphatic rings. The van der Waals surface area contributed by atoms with E-state index in [1.807, 2.05) is 12.1 Å². The first-order chi connectivity index (χ1) is 13.2. The molecule has 0 unspecified atom stereocenters. The predicted molar refractivity (Wildman–Crippen MR) is 102 cm³/mol. The van der Waals surface area contributed by atoms with Gasteiger partial charge in [-0.1, -0.05) is 18.2 Å². The Kier molecular flexibility index (Phi) is 4.82. The average molecular weight is 367 g/mol. The van der Waals surface area contributed by atoms with Crippen molar-refractivity contribution in [3.63, 3.8) is 0 Å². The van der Waals surface area contributed by atoms with E-state index in [0.29, 0.717) is 17.2 Å². The third-order valence-electron chi connectivity index (χ3n) is 4.62. The number of anilines is 1. The maximum absolute atomic E-state index is 12.3. The number of para-hydroxylation sites is 1. The lowest BCUT2D eigenvalue weighted by molar-refractivity contribution is -0.119. The van der Waals surface area contributed by atoms with Gasteiger partial charge in [0, 0.05) is 17.8 Å². The number of nitrogens with one attached hydrogen (secondary N) is 1. The number of benzene rings is 2. The smallest absolute Gasteiger partial charge is 0.259 e. The van der Waals surface area contributed by atoms with Crippen molar-refractivity contribution in [2.75, 3.05) is 31.9 Å². The minimum absolute atomic E-state index is 0.157. The number of nitrogens with zero attached hydrogens (tertiary/aromatic N) is 2. The van der Waals surface area contributed by atoms with Crippen molar-refractivity contribution < 1.29 is 19.0 Å². The second kappa shape index (κ2) is 7.57. The van der Waals surface area contributed by atoms with Crippen LogP contribution in [-0.2, 0) is 11.2 Å². The fraction of sp³-hybridized carbons (Fsp3) is 0.300. The minimum Gasteiger partial charge on any atom is -0.493 e. The number of hydrazone groups is 1. The summed E-state index contributed by atoms with van der Waals surface area (Å²) < 4.78 is 16.0. The van der Waals surface area contributed by atoms with Crippen LogP contribution < -0.4 is 24.5 Å². The lowest BCUT2D eigenvalue weighted by Crippen LogP contribution is -2.38. The van der Waals surface area contributed by atoms with E-state index in [0.717, 1.165) is 30.6 Å². The first-order valence-electron chi connectivity index (χ1n) is 8.87. The molecule has 0 saturated heterocycles. The van der Waals surface area contributed by atoms with Crippen LogP contribution in [0.25, 0.3) is 0 Å². The molecule has 2 heterocycles. The Morgan fingerprint density at radius 1 is 1.33 bits per heavy atom. The molecular formula is C20H21N3O4. The summed E-state index contributed by atoms with van der Waals surface area (Å²) >= 11 is 0.